The van der Waals surface area contributed by atoms with E-state index in [2.05, 4.69) is 5.32 Å². The maximum atomic E-state index is 12.1. The molecule has 2 amide bonds. The van der Waals surface area contributed by atoms with Crippen LogP contribution in [0.25, 0.3) is 0 Å². The van der Waals surface area contributed by atoms with Crippen molar-refractivity contribution in [1.82, 2.24) is 10.2 Å². The van der Waals surface area contributed by atoms with Crippen molar-refractivity contribution in [2.45, 2.75) is 46.6 Å². The molecule has 1 aliphatic heterocycles. The predicted octanol–water partition coefficient (Wildman–Crippen LogP) is 1.11. The van der Waals surface area contributed by atoms with Crippen molar-refractivity contribution in [3.63, 3.8) is 0 Å². The number of hydrogen-bond acceptors (Lipinski definition) is 3. The molecule has 1 aliphatic rings. The van der Waals surface area contributed by atoms with Gasteiger partial charge in [0.2, 0.25) is 11.8 Å². The summed E-state index contributed by atoms with van der Waals surface area (Å²) in [4.78, 5) is 36.7. The summed E-state index contributed by atoms with van der Waals surface area (Å²) in [5.74, 6) is -1.66. The smallest absolute Gasteiger partial charge is 0.308 e. The van der Waals surface area contributed by atoms with E-state index in [9.17, 15) is 14.4 Å². The Hall–Kier alpha value is -1.59. The van der Waals surface area contributed by atoms with Crippen LogP contribution in [0.4, 0.5) is 0 Å². The molecule has 2 atom stereocenters. The molecule has 1 heterocycles. The third-order valence-corrected chi connectivity index (χ3v) is 4.18. The van der Waals surface area contributed by atoms with Gasteiger partial charge >= 0.3 is 5.97 Å². The topological polar surface area (TPSA) is 86.7 Å². The molecule has 6 heteroatoms. The van der Waals surface area contributed by atoms with Gasteiger partial charge in [-0.05, 0) is 26.7 Å². The SMILES string of the molecule is CC(C)C(=O)N1CCC(C(=O)NC(C)C(C)C(=O)O)CC1. The van der Waals surface area contributed by atoms with E-state index < -0.39 is 17.9 Å². The second-order valence-electron chi connectivity index (χ2n) is 6.18. The van der Waals surface area contributed by atoms with Crippen LogP contribution in [0.15, 0.2) is 0 Å². The van der Waals surface area contributed by atoms with Crippen LogP contribution in [-0.4, -0.2) is 46.9 Å². The highest BCUT2D eigenvalue weighted by Gasteiger charge is 2.30. The lowest BCUT2D eigenvalue weighted by molar-refractivity contribution is -0.143. The van der Waals surface area contributed by atoms with Crippen LogP contribution in [0.1, 0.15) is 40.5 Å². The minimum Gasteiger partial charge on any atom is -0.481 e. The Morgan fingerprint density at radius 3 is 2.05 bits per heavy atom. The summed E-state index contributed by atoms with van der Waals surface area (Å²) in [5.41, 5.74) is 0. The normalized spacial score (nSPS) is 19.2. The molecule has 0 bridgehead atoms. The zero-order valence-corrected chi connectivity index (χ0v) is 13.3. The third-order valence-electron chi connectivity index (χ3n) is 4.18. The quantitative estimate of drug-likeness (QED) is 0.796. The van der Waals surface area contributed by atoms with Crippen molar-refractivity contribution in [1.29, 1.82) is 0 Å². The van der Waals surface area contributed by atoms with Gasteiger partial charge in [0.1, 0.15) is 0 Å². The average molecular weight is 298 g/mol. The first-order valence-corrected chi connectivity index (χ1v) is 7.56. The van der Waals surface area contributed by atoms with E-state index in [1.54, 1.807) is 18.7 Å². The Labute approximate surface area is 125 Å². The highest BCUT2D eigenvalue weighted by molar-refractivity contribution is 5.81. The first kappa shape index (κ1) is 17.5. The summed E-state index contributed by atoms with van der Waals surface area (Å²) in [6, 6.07) is -0.398. The number of carboxylic acids is 1. The first-order valence-electron chi connectivity index (χ1n) is 7.56. The van der Waals surface area contributed by atoms with E-state index in [0.717, 1.165) is 0 Å². The average Bonchev–Trinajstić information content (AvgIpc) is 2.45. The number of piperidine rings is 1. The molecule has 0 saturated carbocycles. The Kier molecular flexibility index (Phi) is 6.18. The number of nitrogens with zero attached hydrogens (tertiary/aromatic N) is 1. The lowest BCUT2D eigenvalue weighted by Gasteiger charge is -2.33. The molecule has 120 valence electrons. The number of hydrogen-bond donors (Lipinski definition) is 2. The van der Waals surface area contributed by atoms with E-state index in [4.69, 9.17) is 5.11 Å². The number of carbonyl (C=O) groups excluding carboxylic acids is 2. The number of aliphatic carboxylic acids is 1. The van der Waals surface area contributed by atoms with Crippen molar-refractivity contribution in [2.24, 2.45) is 17.8 Å². The summed E-state index contributed by atoms with van der Waals surface area (Å²) < 4.78 is 0. The molecule has 1 saturated heterocycles. The van der Waals surface area contributed by atoms with Crippen molar-refractivity contribution in [3.8, 4) is 0 Å². The van der Waals surface area contributed by atoms with Crippen LogP contribution in [-0.2, 0) is 14.4 Å². The Morgan fingerprint density at radius 1 is 1.10 bits per heavy atom. The van der Waals surface area contributed by atoms with Gasteiger partial charge < -0.3 is 15.3 Å². The fourth-order valence-electron chi connectivity index (χ4n) is 2.41. The van der Waals surface area contributed by atoms with E-state index in [1.165, 1.54) is 0 Å². The molecule has 0 aromatic heterocycles. The van der Waals surface area contributed by atoms with Gasteiger partial charge in [-0.15, -0.1) is 0 Å². The van der Waals surface area contributed by atoms with E-state index in [1.807, 2.05) is 13.8 Å². The summed E-state index contributed by atoms with van der Waals surface area (Å²) in [6.45, 7) is 8.22. The summed E-state index contributed by atoms with van der Waals surface area (Å²) in [7, 11) is 0. The largest absolute Gasteiger partial charge is 0.481 e. The minimum absolute atomic E-state index is 0.0215. The molecule has 0 aromatic carbocycles. The fraction of sp³-hybridized carbons (Fsp3) is 0.800. The van der Waals surface area contributed by atoms with Crippen LogP contribution in [0.5, 0.6) is 0 Å². The lowest BCUT2D eigenvalue weighted by Crippen LogP contribution is -2.47. The van der Waals surface area contributed by atoms with Crippen molar-refractivity contribution >= 4 is 17.8 Å². The van der Waals surface area contributed by atoms with E-state index in [-0.39, 0.29) is 23.7 Å². The van der Waals surface area contributed by atoms with Gasteiger partial charge in [0.05, 0.1) is 5.92 Å². The van der Waals surface area contributed by atoms with Crippen LogP contribution < -0.4 is 5.32 Å². The van der Waals surface area contributed by atoms with Gasteiger partial charge in [-0.3, -0.25) is 14.4 Å². The second-order valence-corrected chi connectivity index (χ2v) is 6.18. The highest BCUT2D eigenvalue weighted by Crippen LogP contribution is 2.19. The number of nitrogens with one attached hydrogen (secondary N) is 1. The third kappa shape index (κ3) is 4.72. The second kappa shape index (κ2) is 7.43. The molecule has 21 heavy (non-hydrogen) atoms. The molecule has 2 N–H and O–H groups in total. The molecule has 1 rings (SSSR count). The van der Waals surface area contributed by atoms with Gasteiger partial charge in [0, 0.05) is 31.0 Å². The molecule has 0 aromatic rings. The highest BCUT2D eigenvalue weighted by atomic mass is 16.4. The molecule has 1 fully saturated rings. The van der Waals surface area contributed by atoms with Crippen LogP contribution >= 0.6 is 0 Å². The summed E-state index contributed by atoms with van der Waals surface area (Å²) in [6.07, 6.45) is 1.27. The number of rotatable bonds is 5. The summed E-state index contributed by atoms with van der Waals surface area (Å²) in [5, 5.41) is 11.7. The molecule has 6 nitrogen and oxygen atoms in total. The van der Waals surface area contributed by atoms with Crippen molar-refractivity contribution in [3.05, 3.63) is 0 Å². The Morgan fingerprint density at radius 2 is 1.62 bits per heavy atom. The predicted molar refractivity (Wildman–Crippen MR) is 78.5 cm³/mol. The fourth-order valence-corrected chi connectivity index (χ4v) is 2.41. The first-order chi connectivity index (χ1) is 9.73. The van der Waals surface area contributed by atoms with Crippen molar-refractivity contribution in [2.75, 3.05) is 13.1 Å². The minimum atomic E-state index is -0.917. The molecule has 0 radical (unpaired) electrons. The number of carboxylic acid groups (broad SMARTS) is 1. The van der Waals surface area contributed by atoms with Crippen LogP contribution in [0.2, 0.25) is 0 Å². The number of likely N-dealkylation sites (tertiary alicyclic amines) is 1. The monoisotopic (exact) mass is 298 g/mol. The molecular formula is C15H26N2O4. The van der Waals surface area contributed by atoms with Crippen molar-refractivity contribution < 1.29 is 19.5 Å². The molecule has 0 aliphatic carbocycles. The van der Waals surface area contributed by atoms with E-state index in [0.29, 0.717) is 25.9 Å². The van der Waals surface area contributed by atoms with Crippen LogP contribution in [0.3, 0.4) is 0 Å². The van der Waals surface area contributed by atoms with Gasteiger partial charge in [0.25, 0.3) is 0 Å². The number of amides is 2. The van der Waals surface area contributed by atoms with Crippen LogP contribution in [0, 0.1) is 17.8 Å². The zero-order chi connectivity index (χ0) is 16.2. The lowest BCUT2D eigenvalue weighted by atomic mass is 9.94. The maximum absolute atomic E-state index is 12.1. The van der Waals surface area contributed by atoms with Gasteiger partial charge in [0.15, 0.2) is 0 Å². The van der Waals surface area contributed by atoms with Gasteiger partial charge in [-0.2, -0.15) is 0 Å². The Balaban J connectivity index is 2.45. The van der Waals surface area contributed by atoms with Gasteiger partial charge in [-0.1, -0.05) is 13.8 Å². The van der Waals surface area contributed by atoms with Gasteiger partial charge in [-0.25, -0.2) is 0 Å². The summed E-state index contributed by atoms with van der Waals surface area (Å²) >= 11 is 0. The molecule has 2 unspecified atom stereocenters. The number of carbonyl (C=O) groups is 3. The molecule has 0 spiro atoms. The maximum Gasteiger partial charge on any atom is 0.308 e. The standard InChI is InChI=1S/C15H26N2O4/c1-9(2)14(19)17-7-5-12(6-8-17)13(18)16-11(4)10(3)15(20)21/h9-12H,5-8H2,1-4H3,(H,16,18)(H,20,21). The Bertz CT molecular complexity index is 400. The molecular weight excluding hydrogens is 272 g/mol. The zero-order valence-electron chi connectivity index (χ0n) is 13.3. The van der Waals surface area contributed by atoms with E-state index >= 15 is 0 Å².